The number of nitrogens with zero attached hydrogens (tertiary/aromatic N) is 2. The Bertz CT molecular complexity index is 3550. The van der Waals surface area contributed by atoms with Crippen LogP contribution in [0.1, 0.15) is 103 Å². The topological polar surface area (TPSA) is 180 Å². The molecule has 3 N–H and O–H groups in total. The number of carbonyl (C=O) groups is 5. The van der Waals surface area contributed by atoms with Gasteiger partial charge < -0.3 is 39.3 Å². The number of ether oxygens (including phenoxy) is 3. The molecule has 0 fully saturated rings. The van der Waals surface area contributed by atoms with E-state index in [0.717, 1.165) is 45.0 Å². The molecule has 0 unspecified atom stereocenters. The van der Waals surface area contributed by atoms with Crippen LogP contribution in [0.4, 0.5) is 0 Å². The first-order valence-electron chi connectivity index (χ1n) is 31.5. The van der Waals surface area contributed by atoms with Crippen LogP contribution >= 0.6 is 0 Å². The summed E-state index contributed by atoms with van der Waals surface area (Å²) >= 11 is 0. The van der Waals surface area contributed by atoms with Crippen molar-refractivity contribution in [2.24, 2.45) is 0 Å². The summed E-state index contributed by atoms with van der Waals surface area (Å²) in [6.45, 7) is -35.4. The van der Waals surface area contributed by atoms with E-state index in [4.69, 9.17) is 49.9 Å². The maximum Gasteiger partial charge on any atom is 0.341 e. The van der Waals surface area contributed by atoms with Crippen LogP contribution in [-0.4, -0.2) is 87.5 Å². The molecule has 0 radical (unpaired) electrons. The first kappa shape index (κ1) is 20.8. The van der Waals surface area contributed by atoms with Crippen molar-refractivity contribution in [2.75, 3.05) is 32.7 Å². The molecule has 0 heterocycles. The predicted octanol–water partition coefficient (Wildman–Crippen LogP) is 7.66. The van der Waals surface area contributed by atoms with Crippen LogP contribution in [0.25, 0.3) is 22.3 Å². The Kier molecular flexibility index (Phi) is 7.52. The largest absolute Gasteiger partial charge is 0.481 e. The van der Waals surface area contributed by atoms with Crippen LogP contribution in [0.3, 0.4) is 0 Å². The molecule has 0 bridgehead atoms. The molecule has 5 rings (SSSR count). The van der Waals surface area contributed by atoms with Crippen LogP contribution in [0, 0.1) is 58.1 Å². The number of benzene rings is 5. The van der Waals surface area contributed by atoms with E-state index in [0.29, 0.717) is 12.1 Å². The number of hydrogen-bond acceptors (Lipinski definition) is 8. The minimum Gasteiger partial charge on any atom is -0.481 e. The molecule has 0 aliphatic rings. The third kappa shape index (κ3) is 12.3. The number of carboxylic acids is 3. The van der Waals surface area contributed by atoms with Crippen molar-refractivity contribution < 1.29 is 132 Å². The van der Waals surface area contributed by atoms with Gasteiger partial charge in [0.05, 0.1) is 27.4 Å². The van der Waals surface area contributed by atoms with Gasteiger partial charge >= 0.3 is 17.9 Å². The fourth-order valence-corrected chi connectivity index (χ4v) is 5.34. The molecule has 0 spiro atoms. The van der Waals surface area contributed by atoms with Crippen molar-refractivity contribution in [1.29, 1.82) is 0 Å². The predicted molar refractivity (Wildman–Crippen MR) is 225 cm³/mol. The van der Waals surface area contributed by atoms with Crippen molar-refractivity contribution in [3.63, 3.8) is 0 Å². The molecule has 0 aliphatic carbocycles. The Morgan fingerprint density at radius 2 is 0.852 bits per heavy atom. The summed E-state index contributed by atoms with van der Waals surface area (Å²) in [5.41, 5.74) is -11.6. The van der Waals surface area contributed by atoms with Crippen molar-refractivity contribution >= 4 is 29.7 Å². The van der Waals surface area contributed by atoms with E-state index in [1.165, 1.54) is 0 Å². The van der Waals surface area contributed by atoms with Gasteiger partial charge in [0.1, 0.15) is 17.2 Å². The number of rotatable bonds is 19. The molecule has 14 heteroatoms. The average Bonchev–Trinajstić information content (AvgIpc) is 0.735. The summed E-state index contributed by atoms with van der Waals surface area (Å²) < 4.78 is 272. The van der Waals surface area contributed by atoms with Crippen molar-refractivity contribution in [2.45, 2.75) is 47.5 Å². The van der Waals surface area contributed by atoms with E-state index in [1.807, 2.05) is 0 Å². The molecule has 0 atom stereocenters. The van der Waals surface area contributed by atoms with Crippen molar-refractivity contribution in [1.82, 2.24) is 9.80 Å². The van der Waals surface area contributed by atoms with Gasteiger partial charge in [0.2, 0.25) is 0 Å². The van der Waals surface area contributed by atoms with E-state index in [2.05, 4.69) is 0 Å². The van der Waals surface area contributed by atoms with Crippen LogP contribution in [-0.2, 0) is 27.4 Å². The molecule has 0 aromatic heterocycles. The molecule has 61 heavy (non-hydrogen) atoms. The monoisotopic (exact) mass is 1010 g/mol. The number of hydrogen-bond donors (Lipinski definition) is 3. The zero-order valence-corrected chi connectivity index (χ0v) is 33.1. The summed E-state index contributed by atoms with van der Waals surface area (Å²) in [4.78, 5) is 66.0. The fourth-order valence-electron chi connectivity index (χ4n) is 5.34. The van der Waals surface area contributed by atoms with Gasteiger partial charge in [-0.3, -0.25) is 9.59 Å². The van der Waals surface area contributed by atoms with Crippen LogP contribution in [0.5, 0.6) is 17.2 Å². The SMILES string of the molecule is [2H]c1c([2H])c([2H])c(C(=O)N(C([2H])([2H])c2cc(C)cc(-c3cc(C)cc(-c4cc(C)cc(C([2H])([2H])N(C(=O)c5c([2H])c([2H])c([2H])c([2H])c5[2H])C([2H])([2H])C([2H])([2H])[2H])c4OC([2H])([2H])C(=O)O)c3OC([2H])([2H])C(=O)O)c2OC([2H])([2H])C(=O)O)C([2H])([2H])C([2H])([2H])[2H])c([2H])c1[2H].[Er]. The Labute approximate surface area is 426 Å². The van der Waals surface area contributed by atoms with E-state index in [-0.39, 0.29) is 42.9 Å². The van der Waals surface area contributed by atoms with E-state index >= 15 is 0 Å². The number of carbonyl (C=O) groups excluding carboxylic acids is 2. The number of aryl methyl sites for hydroxylation is 3. The third-order valence-electron chi connectivity index (χ3n) is 7.52. The molecule has 5 aromatic carbocycles. The first-order valence-corrected chi connectivity index (χ1v) is 16.5. The molecule has 5 aromatic rings. The second-order valence-electron chi connectivity index (χ2n) is 11.8. The Hall–Kier alpha value is -5.90. The van der Waals surface area contributed by atoms with Crippen LogP contribution in [0.2, 0.25) is 0 Å². The van der Waals surface area contributed by atoms with E-state index in [9.17, 15) is 44.8 Å². The Balaban J connectivity index is 0.0000177. The van der Waals surface area contributed by atoms with Crippen LogP contribution in [0.15, 0.2) is 96.8 Å². The normalized spacial score (nSPS) is 19.8. The maximum atomic E-state index is 14.8. The van der Waals surface area contributed by atoms with E-state index < -0.39 is 232 Å². The summed E-state index contributed by atoms with van der Waals surface area (Å²) in [5, 5.41) is 30.5. The summed E-state index contributed by atoms with van der Waals surface area (Å²) in [5.74, 6) is -17.0. The zero-order chi connectivity index (χ0) is 69.8. The summed E-state index contributed by atoms with van der Waals surface area (Å²) in [6, 6.07) is -9.10. The molecular formula is C47H48ErN2O11. The minimum absolute atomic E-state index is 0. The smallest absolute Gasteiger partial charge is 0.341 e. The Morgan fingerprint density at radius 1 is 0.541 bits per heavy atom. The van der Waals surface area contributed by atoms with Gasteiger partial charge in [-0.1, -0.05) is 48.4 Å². The van der Waals surface area contributed by atoms with Gasteiger partial charge in [-0.15, -0.1) is 0 Å². The average molecular weight is 1010 g/mol. The van der Waals surface area contributed by atoms with Gasteiger partial charge in [-0.2, -0.15) is 0 Å². The van der Waals surface area contributed by atoms with E-state index in [1.54, 1.807) is 0 Å². The molecule has 13 nitrogen and oxygen atoms in total. The zero-order valence-electron chi connectivity index (χ0n) is 61.3. The summed E-state index contributed by atoms with van der Waals surface area (Å²) in [7, 11) is 0. The molecule has 2 amide bonds. The molecule has 0 saturated heterocycles. The second-order valence-corrected chi connectivity index (χ2v) is 11.8. The van der Waals surface area contributed by atoms with Crippen molar-refractivity contribution in [3.8, 4) is 39.5 Å². The first-order chi connectivity index (χ1) is 40.4. The van der Waals surface area contributed by atoms with Gasteiger partial charge in [-0.05, 0) is 99.6 Å². The third-order valence-corrected chi connectivity index (χ3v) is 7.52. The Morgan fingerprint density at radius 3 is 1.18 bits per heavy atom. The molecule has 0 aliphatic heterocycles. The second kappa shape index (κ2) is 22.1. The van der Waals surface area contributed by atoms with Crippen molar-refractivity contribution in [3.05, 3.63) is 136 Å². The standard InChI is InChI=1S/C47H48N2O11.Er/c1-6-48(46(56)32-14-10-8-11-15-32)24-34-18-29(3)20-36(43(34)58-26-40(50)51)38-22-31(5)23-39(45(38)60-28-42(54)55)37-21-30(4)19-35(44(37)59-27-41(52)53)25-49(7-2)47(57)33-16-12-9-13-17-33;/h8-23H,6-7,24-28H2,1-5H3,(H,50,51)(H,52,53)(H,54,55);/i1D3,2D3,6D2,7D2,8D,9D,10D,11D,12D,13D,14D,15D,16D,17D,24D2,25D2,26D2,27D2,28D2;. The summed E-state index contributed by atoms with van der Waals surface area (Å²) in [6.07, 6.45) is 0. The quantitative estimate of drug-likeness (QED) is 0.0740. The fraction of sp³-hybridized carbons (Fsp3) is 0.255. The maximum absolute atomic E-state index is 14.8. The number of amides is 2. The van der Waals surface area contributed by atoms with Gasteiger partial charge in [0, 0.05) is 122 Å². The number of aliphatic carboxylic acids is 3. The van der Waals surface area contributed by atoms with Crippen LogP contribution < -0.4 is 14.2 Å². The molecule has 324 valence electrons. The molecule has 0 saturated carbocycles. The number of carboxylic acid groups (broad SMARTS) is 3. The van der Waals surface area contributed by atoms with Gasteiger partial charge in [0.25, 0.3) is 11.8 Å². The van der Waals surface area contributed by atoms with Gasteiger partial charge in [0.15, 0.2) is 19.7 Å². The van der Waals surface area contributed by atoms with Gasteiger partial charge in [-0.25, -0.2) is 14.4 Å². The minimum atomic E-state index is -4.44. The molecular weight excluding hydrogens is 936 g/mol.